The average molecular weight is 386 g/mol. The lowest BCUT2D eigenvalue weighted by molar-refractivity contribution is 0.101. The van der Waals surface area contributed by atoms with Crippen LogP contribution in [-0.2, 0) is 17.1 Å². The van der Waals surface area contributed by atoms with Crippen molar-refractivity contribution in [2.45, 2.75) is 11.8 Å². The molecule has 0 atom stereocenters. The second kappa shape index (κ2) is 6.23. The summed E-state index contributed by atoms with van der Waals surface area (Å²) >= 11 is 3.39. The minimum atomic E-state index is -3.58. The highest BCUT2D eigenvalue weighted by Gasteiger charge is 2.19. The maximum absolute atomic E-state index is 12.3. The van der Waals surface area contributed by atoms with Gasteiger partial charge in [0.2, 0.25) is 10.0 Å². The van der Waals surface area contributed by atoms with Gasteiger partial charge in [0.05, 0.1) is 0 Å². The third kappa shape index (κ3) is 3.40. The van der Waals surface area contributed by atoms with E-state index < -0.39 is 10.0 Å². The van der Waals surface area contributed by atoms with E-state index in [4.69, 9.17) is 0 Å². The molecule has 1 amide bonds. The lowest BCUT2D eigenvalue weighted by atomic mass is 10.2. The average Bonchev–Trinajstić information content (AvgIpc) is 2.86. The molecule has 0 unspecified atom stereocenters. The number of rotatable bonds is 4. The van der Waals surface area contributed by atoms with E-state index in [1.165, 1.54) is 23.9 Å². The molecule has 0 saturated carbocycles. The number of benzene rings is 1. The molecule has 0 aliphatic rings. The van der Waals surface area contributed by atoms with Crippen molar-refractivity contribution in [3.63, 3.8) is 0 Å². The number of halogens is 1. The summed E-state index contributed by atoms with van der Waals surface area (Å²) < 4.78 is 28.2. The van der Waals surface area contributed by atoms with Crippen LogP contribution in [0.3, 0.4) is 0 Å². The SMILES string of the molecule is CNS(=O)(=O)c1cc(C(=O)Nc2ccc(Br)c(C)c2)n(C)c1. The molecule has 0 aliphatic heterocycles. The summed E-state index contributed by atoms with van der Waals surface area (Å²) in [5.41, 5.74) is 1.89. The fraction of sp³-hybridized carbons (Fsp3) is 0.214. The number of aromatic nitrogens is 1. The van der Waals surface area contributed by atoms with Gasteiger partial charge in [0.15, 0.2) is 0 Å². The zero-order valence-electron chi connectivity index (χ0n) is 12.3. The monoisotopic (exact) mass is 385 g/mol. The van der Waals surface area contributed by atoms with Gasteiger partial charge in [-0.15, -0.1) is 0 Å². The molecule has 0 bridgehead atoms. The van der Waals surface area contributed by atoms with Crippen molar-refractivity contribution in [1.82, 2.24) is 9.29 Å². The first-order valence-electron chi connectivity index (χ1n) is 6.42. The minimum absolute atomic E-state index is 0.0506. The molecule has 2 N–H and O–H groups in total. The number of carbonyl (C=O) groups excluding carboxylic acids is 1. The summed E-state index contributed by atoms with van der Waals surface area (Å²) in [5, 5.41) is 2.75. The largest absolute Gasteiger partial charge is 0.345 e. The molecule has 8 heteroatoms. The number of nitrogens with zero attached hydrogens (tertiary/aromatic N) is 1. The van der Waals surface area contributed by atoms with Crippen molar-refractivity contribution in [3.05, 3.63) is 46.2 Å². The molecule has 0 radical (unpaired) electrons. The van der Waals surface area contributed by atoms with Crippen LogP contribution in [0.15, 0.2) is 39.8 Å². The highest BCUT2D eigenvalue weighted by Crippen LogP contribution is 2.21. The van der Waals surface area contributed by atoms with Gasteiger partial charge in [-0.3, -0.25) is 4.79 Å². The number of nitrogens with one attached hydrogen (secondary N) is 2. The Labute approximate surface area is 137 Å². The second-order valence-electron chi connectivity index (χ2n) is 4.80. The Kier molecular flexibility index (Phi) is 4.74. The van der Waals surface area contributed by atoms with E-state index in [9.17, 15) is 13.2 Å². The second-order valence-corrected chi connectivity index (χ2v) is 7.54. The third-order valence-corrected chi connectivity index (χ3v) is 5.48. The Hall–Kier alpha value is -1.64. The van der Waals surface area contributed by atoms with E-state index in [2.05, 4.69) is 26.0 Å². The van der Waals surface area contributed by atoms with Crippen LogP contribution in [0.5, 0.6) is 0 Å². The number of amides is 1. The Morgan fingerprint density at radius 1 is 1.27 bits per heavy atom. The van der Waals surface area contributed by atoms with Gasteiger partial charge in [0.25, 0.3) is 5.91 Å². The Bertz CT molecular complexity index is 828. The van der Waals surface area contributed by atoms with E-state index in [0.717, 1.165) is 10.0 Å². The van der Waals surface area contributed by atoms with Crippen molar-refractivity contribution in [2.75, 3.05) is 12.4 Å². The molecular formula is C14H16BrN3O3S. The van der Waals surface area contributed by atoms with Crippen LogP contribution in [0.4, 0.5) is 5.69 Å². The van der Waals surface area contributed by atoms with Gasteiger partial charge in [-0.2, -0.15) is 0 Å². The van der Waals surface area contributed by atoms with Crippen LogP contribution >= 0.6 is 15.9 Å². The quantitative estimate of drug-likeness (QED) is 0.846. The van der Waals surface area contributed by atoms with Crippen molar-refractivity contribution in [3.8, 4) is 0 Å². The summed E-state index contributed by atoms with van der Waals surface area (Å²) in [6, 6.07) is 6.78. The highest BCUT2D eigenvalue weighted by molar-refractivity contribution is 9.10. The first-order chi connectivity index (χ1) is 10.2. The van der Waals surface area contributed by atoms with E-state index >= 15 is 0 Å². The molecule has 2 aromatic rings. The number of hydrogen-bond acceptors (Lipinski definition) is 3. The summed E-state index contributed by atoms with van der Waals surface area (Å²) in [6.45, 7) is 1.92. The van der Waals surface area contributed by atoms with Crippen LogP contribution in [0.25, 0.3) is 0 Å². The summed E-state index contributed by atoms with van der Waals surface area (Å²) in [4.78, 5) is 12.4. The van der Waals surface area contributed by atoms with Crippen molar-refractivity contribution < 1.29 is 13.2 Å². The van der Waals surface area contributed by atoms with Crippen LogP contribution in [-0.4, -0.2) is 25.9 Å². The van der Waals surface area contributed by atoms with Crippen molar-refractivity contribution in [2.24, 2.45) is 7.05 Å². The van der Waals surface area contributed by atoms with Crippen LogP contribution < -0.4 is 10.0 Å². The molecule has 0 saturated heterocycles. The molecule has 1 aromatic heterocycles. The molecular weight excluding hydrogens is 370 g/mol. The highest BCUT2D eigenvalue weighted by atomic mass is 79.9. The molecule has 6 nitrogen and oxygen atoms in total. The fourth-order valence-corrected chi connectivity index (χ4v) is 2.99. The molecule has 2 rings (SSSR count). The fourth-order valence-electron chi connectivity index (χ4n) is 1.94. The van der Waals surface area contributed by atoms with Gasteiger partial charge in [-0.1, -0.05) is 15.9 Å². The molecule has 1 aromatic carbocycles. The maximum atomic E-state index is 12.3. The standard InChI is InChI=1S/C14H16BrN3O3S/c1-9-6-10(4-5-12(9)15)17-14(19)13-7-11(8-18(13)3)22(20,21)16-2/h4-8,16H,1-3H3,(H,17,19). The van der Waals surface area contributed by atoms with Gasteiger partial charge in [-0.25, -0.2) is 13.1 Å². The van der Waals surface area contributed by atoms with Crippen LogP contribution in [0.1, 0.15) is 16.1 Å². The summed E-state index contributed by atoms with van der Waals surface area (Å²) in [7, 11) is -0.628. The molecule has 0 spiro atoms. The predicted molar refractivity (Wildman–Crippen MR) is 88.5 cm³/mol. The normalized spacial score (nSPS) is 11.5. The maximum Gasteiger partial charge on any atom is 0.272 e. The lowest BCUT2D eigenvalue weighted by Gasteiger charge is -2.07. The smallest absolute Gasteiger partial charge is 0.272 e. The lowest BCUT2D eigenvalue weighted by Crippen LogP contribution is -2.18. The number of hydrogen-bond donors (Lipinski definition) is 2. The zero-order valence-corrected chi connectivity index (χ0v) is 14.7. The van der Waals surface area contributed by atoms with E-state index in [1.807, 2.05) is 19.1 Å². The number of sulfonamides is 1. The minimum Gasteiger partial charge on any atom is -0.345 e. The molecule has 1 heterocycles. The number of anilines is 1. The Morgan fingerprint density at radius 3 is 2.55 bits per heavy atom. The topological polar surface area (TPSA) is 80.2 Å². The number of aryl methyl sites for hydroxylation is 2. The van der Waals surface area contributed by atoms with Crippen molar-refractivity contribution in [1.29, 1.82) is 0 Å². The molecule has 0 fully saturated rings. The molecule has 118 valence electrons. The first-order valence-corrected chi connectivity index (χ1v) is 8.69. The summed E-state index contributed by atoms with van der Waals surface area (Å²) in [6.07, 6.45) is 1.40. The predicted octanol–water partition coefficient (Wildman–Crippen LogP) is 2.26. The van der Waals surface area contributed by atoms with Gasteiger partial charge in [-0.05, 0) is 43.8 Å². The molecule has 22 heavy (non-hydrogen) atoms. The Balaban J connectivity index is 2.28. The van der Waals surface area contributed by atoms with E-state index in [0.29, 0.717) is 5.69 Å². The van der Waals surface area contributed by atoms with Gasteiger partial charge in [0.1, 0.15) is 10.6 Å². The van der Waals surface area contributed by atoms with Crippen molar-refractivity contribution >= 4 is 37.5 Å². The third-order valence-electron chi connectivity index (χ3n) is 3.21. The zero-order chi connectivity index (χ0) is 16.5. The van der Waals surface area contributed by atoms with Gasteiger partial charge >= 0.3 is 0 Å². The van der Waals surface area contributed by atoms with Gasteiger partial charge in [0, 0.05) is 23.4 Å². The summed E-state index contributed by atoms with van der Waals surface area (Å²) in [5.74, 6) is -0.373. The van der Waals surface area contributed by atoms with E-state index in [1.54, 1.807) is 13.1 Å². The Morgan fingerprint density at radius 2 is 1.95 bits per heavy atom. The molecule has 0 aliphatic carbocycles. The van der Waals surface area contributed by atoms with Crippen LogP contribution in [0, 0.1) is 6.92 Å². The van der Waals surface area contributed by atoms with Gasteiger partial charge < -0.3 is 9.88 Å². The van der Waals surface area contributed by atoms with E-state index in [-0.39, 0.29) is 16.5 Å². The first kappa shape index (κ1) is 16.7. The van der Waals surface area contributed by atoms with Crippen LogP contribution in [0.2, 0.25) is 0 Å². The number of carbonyl (C=O) groups is 1.